The largest absolute Gasteiger partial charge is 0.497 e. The molecule has 1 unspecified atom stereocenters. The number of rotatable bonds is 5. The van der Waals surface area contributed by atoms with Crippen molar-refractivity contribution in [2.75, 3.05) is 38.8 Å². The van der Waals surface area contributed by atoms with E-state index in [1.807, 2.05) is 17.0 Å². The second-order valence-electron chi connectivity index (χ2n) is 4.72. The predicted molar refractivity (Wildman–Crippen MR) is 76.9 cm³/mol. The molecule has 1 saturated heterocycles. The van der Waals surface area contributed by atoms with E-state index in [9.17, 15) is 9.59 Å². The van der Waals surface area contributed by atoms with Gasteiger partial charge in [0.25, 0.3) is 0 Å². The van der Waals surface area contributed by atoms with Gasteiger partial charge in [0.2, 0.25) is 0 Å². The first-order valence-electron chi connectivity index (χ1n) is 6.76. The number of benzene rings is 1. The highest BCUT2D eigenvalue weighted by Crippen LogP contribution is 2.31. The maximum Gasteiger partial charge on any atom is 0.318 e. The molecule has 0 N–H and O–H groups in total. The Kier molecular flexibility index (Phi) is 4.67. The standard InChI is InChI=1S/C15H19NO5/c1-4-21-15(18)13-8-16(9-14(13)17)10-5-11(19-2)7-12(6-10)20-3/h5-7,13H,4,8-9H2,1-3H3. The quantitative estimate of drug-likeness (QED) is 0.602. The van der Waals surface area contributed by atoms with Crippen LogP contribution in [-0.4, -0.2) is 45.7 Å². The van der Waals surface area contributed by atoms with Gasteiger partial charge in [-0.3, -0.25) is 9.59 Å². The van der Waals surface area contributed by atoms with Crippen molar-refractivity contribution in [3.05, 3.63) is 18.2 Å². The van der Waals surface area contributed by atoms with E-state index in [1.54, 1.807) is 27.2 Å². The highest BCUT2D eigenvalue weighted by atomic mass is 16.5. The number of nitrogens with zero attached hydrogens (tertiary/aromatic N) is 1. The van der Waals surface area contributed by atoms with Gasteiger partial charge in [-0.25, -0.2) is 0 Å². The smallest absolute Gasteiger partial charge is 0.318 e. The van der Waals surface area contributed by atoms with Gasteiger partial charge < -0.3 is 19.1 Å². The third-order valence-electron chi connectivity index (χ3n) is 3.41. The molecule has 2 rings (SSSR count). The van der Waals surface area contributed by atoms with Crippen molar-refractivity contribution in [1.82, 2.24) is 0 Å². The van der Waals surface area contributed by atoms with Gasteiger partial charge >= 0.3 is 5.97 Å². The van der Waals surface area contributed by atoms with Crippen molar-refractivity contribution >= 4 is 17.4 Å². The Balaban J connectivity index is 2.20. The van der Waals surface area contributed by atoms with Crippen LogP contribution >= 0.6 is 0 Å². The number of ketones is 1. The molecule has 114 valence electrons. The minimum Gasteiger partial charge on any atom is -0.497 e. The number of hydrogen-bond donors (Lipinski definition) is 0. The minimum atomic E-state index is -0.720. The van der Waals surface area contributed by atoms with Crippen molar-refractivity contribution < 1.29 is 23.8 Å². The zero-order chi connectivity index (χ0) is 15.4. The molecule has 1 aromatic rings. The number of carbonyl (C=O) groups is 2. The van der Waals surface area contributed by atoms with E-state index in [0.29, 0.717) is 18.0 Å². The molecule has 0 radical (unpaired) electrons. The van der Waals surface area contributed by atoms with E-state index in [-0.39, 0.29) is 18.9 Å². The van der Waals surface area contributed by atoms with Crippen molar-refractivity contribution in [1.29, 1.82) is 0 Å². The highest BCUT2D eigenvalue weighted by Gasteiger charge is 2.37. The van der Waals surface area contributed by atoms with E-state index in [0.717, 1.165) is 5.69 Å². The van der Waals surface area contributed by atoms with Gasteiger partial charge in [-0.1, -0.05) is 0 Å². The van der Waals surface area contributed by atoms with E-state index in [2.05, 4.69) is 0 Å². The Morgan fingerprint density at radius 2 is 1.86 bits per heavy atom. The van der Waals surface area contributed by atoms with Crippen LogP contribution in [0.3, 0.4) is 0 Å². The molecule has 1 heterocycles. The van der Waals surface area contributed by atoms with Crippen LogP contribution in [0.1, 0.15) is 6.92 Å². The van der Waals surface area contributed by atoms with Crippen molar-refractivity contribution in [3.8, 4) is 11.5 Å². The normalized spacial score (nSPS) is 17.8. The summed E-state index contributed by atoms with van der Waals surface area (Å²) in [7, 11) is 3.13. The SMILES string of the molecule is CCOC(=O)C1CN(c2cc(OC)cc(OC)c2)CC1=O. The van der Waals surface area contributed by atoms with Gasteiger partial charge in [-0.15, -0.1) is 0 Å². The fraction of sp³-hybridized carbons (Fsp3) is 0.467. The molecule has 0 aliphatic carbocycles. The average Bonchev–Trinajstić information content (AvgIpc) is 2.89. The van der Waals surface area contributed by atoms with Gasteiger partial charge in [0.15, 0.2) is 5.78 Å². The Morgan fingerprint density at radius 3 is 2.38 bits per heavy atom. The summed E-state index contributed by atoms with van der Waals surface area (Å²) in [4.78, 5) is 25.6. The molecule has 6 heteroatoms. The zero-order valence-electron chi connectivity index (χ0n) is 12.4. The second-order valence-corrected chi connectivity index (χ2v) is 4.72. The van der Waals surface area contributed by atoms with E-state index >= 15 is 0 Å². The Labute approximate surface area is 123 Å². The van der Waals surface area contributed by atoms with E-state index in [1.165, 1.54) is 0 Å². The van der Waals surface area contributed by atoms with Crippen LogP contribution in [0, 0.1) is 5.92 Å². The number of anilines is 1. The highest BCUT2D eigenvalue weighted by molar-refractivity contribution is 6.04. The fourth-order valence-electron chi connectivity index (χ4n) is 2.31. The third kappa shape index (κ3) is 3.26. The first-order chi connectivity index (χ1) is 10.1. The average molecular weight is 293 g/mol. The topological polar surface area (TPSA) is 65.1 Å². The lowest BCUT2D eigenvalue weighted by molar-refractivity contribution is -0.149. The number of Topliss-reactive ketones (excluding diaryl/α,β-unsaturated/α-hetero) is 1. The fourth-order valence-corrected chi connectivity index (χ4v) is 2.31. The van der Waals surface area contributed by atoms with Crippen molar-refractivity contribution in [2.45, 2.75) is 6.92 Å². The molecule has 1 fully saturated rings. The summed E-state index contributed by atoms with van der Waals surface area (Å²) in [6, 6.07) is 5.37. The van der Waals surface area contributed by atoms with Gasteiger partial charge in [-0.2, -0.15) is 0 Å². The molecule has 6 nitrogen and oxygen atoms in total. The lowest BCUT2D eigenvalue weighted by Crippen LogP contribution is -2.25. The summed E-state index contributed by atoms with van der Waals surface area (Å²) in [5.74, 6) is -0.0370. The first-order valence-corrected chi connectivity index (χ1v) is 6.76. The van der Waals surface area contributed by atoms with Crippen molar-refractivity contribution in [2.24, 2.45) is 5.92 Å². The van der Waals surface area contributed by atoms with Gasteiger partial charge in [0.05, 0.1) is 27.4 Å². The van der Waals surface area contributed by atoms with Crippen LogP contribution in [0.25, 0.3) is 0 Å². The number of methoxy groups -OCH3 is 2. The maximum absolute atomic E-state index is 12.0. The molecule has 0 aromatic heterocycles. The lowest BCUT2D eigenvalue weighted by atomic mass is 10.1. The van der Waals surface area contributed by atoms with Gasteiger partial charge in [0, 0.05) is 30.4 Å². The number of hydrogen-bond acceptors (Lipinski definition) is 6. The Bertz CT molecular complexity index is 521. The first kappa shape index (κ1) is 15.2. The van der Waals surface area contributed by atoms with Crippen LogP contribution < -0.4 is 14.4 Å². The maximum atomic E-state index is 12.0. The van der Waals surface area contributed by atoms with Crippen LogP contribution in [0.4, 0.5) is 5.69 Å². The van der Waals surface area contributed by atoms with Crippen LogP contribution in [0.5, 0.6) is 11.5 Å². The molecule has 1 aliphatic rings. The predicted octanol–water partition coefficient (Wildman–Crippen LogP) is 1.27. The summed E-state index contributed by atoms with van der Waals surface area (Å²) in [5.41, 5.74) is 0.784. The number of esters is 1. The van der Waals surface area contributed by atoms with Gasteiger partial charge in [0.1, 0.15) is 17.4 Å². The van der Waals surface area contributed by atoms with E-state index in [4.69, 9.17) is 14.2 Å². The Hall–Kier alpha value is -2.24. The summed E-state index contributed by atoms with van der Waals surface area (Å²) in [6.07, 6.45) is 0. The second kappa shape index (κ2) is 6.47. The van der Waals surface area contributed by atoms with Crippen LogP contribution in [-0.2, 0) is 14.3 Å². The summed E-state index contributed by atoms with van der Waals surface area (Å²) < 4.78 is 15.4. The molecule has 1 atom stereocenters. The zero-order valence-corrected chi connectivity index (χ0v) is 12.4. The monoisotopic (exact) mass is 293 g/mol. The molecular formula is C15H19NO5. The molecule has 0 spiro atoms. The number of ether oxygens (including phenoxy) is 3. The number of carbonyl (C=O) groups excluding carboxylic acids is 2. The molecule has 0 amide bonds. The molecule has 0 saturated carbocycles. The van der Waals surface area contributed by atoms with E-state index < -0.39 is 11.9 Å². The lowest BCUT2D eigenvalue weighted by Gasteiger charge is -2.19. The molecule has 0 bridgehead atoms. The molecule has 1 aliphatic heterocycles. The molecule has 21 heavy (non-hydrogen) atoms. The minimum absolute atomic E-state index is 0.129. The molecular weight excluding hydrogens is 274 g/mol. The summed E-state index contributed by atoms with van der Waals surface area (Å²) in [5, 5.41) is 0. The van der Waals surface area contributed by atoms with Gasteiger partial charge in [-0.05, 0) is 6.92 Å². The van der Waals surface area contributed by atoms with Crippen LogP contribution in [0.15, 0.2) is 18.2 Å². The van der Waals surface area contributed by atoms with Crippen molar-refractivity contribution in [3.63, 3.8) is 0 Å². The Morgan fingerprint density at radius 1 is 1.24 bits per heavy atom. The van der Waals surface area contributed by atoms with Crippen LogP contribution in [0.2, 0.25) is 0 Å². The third-order valence-corrected chi connectivity index (χ3v) is 3.41. The summed E-state index contributed by atoms with van der Waals surface area (Å²) in [6.45, 7) is 2.49. The molecule has 1 aromatic carbocycles. The summed E-state index contributed by atoms with van der Waals surface area (Å²) >= 11 is 0.